The molecule has 3 aromatic carbocycles. The fourth-order valence-electron chi connectivity index (χ4n) is 6.38. The van der Waals surface area contributed by atoms with Gasteiger partial charge in [0.2, 0.25) is 10.0 Å². The van der Waals surface area contributed by atoms with E-state index in [-0.39, 0.29) is 31.1 Å². The van der Waals surface area contributed by atoms with Gasteiger partial charge in [-0.1, -0.05) is 54.6 Å². The number of likely N-dealkylation sites (N-methyl/N-ethyl adjacent to an activating group) is 1. The minimum atomic E-state index is -4.76. The SMILES string of the molecule is CNC[C@@H]1C(c2ccc(-c3cccc(C)c3C)cc2)[C@@H]2CN(S(=O)(=O)c3ccccc3C(F)(F)F)CCCCN12. The lowest BCUT2D eigenvalue weighted by Gasteiger charge is -2.57. The van der Waals surface area contributed by atoms with Crippen molar-refractivity contribution >= 4 is 10.0 Å². The van der Waals surface area contributed by atoms with E-state index in [1.165, 1.54) is 33.1 Å². The van der Waals surface area contributed by atoms with Crippen LogP contribution in [-0.2, 0) is 16.2 Å². The predicted molar refractivity (Wildman–Crippen MR) is 152 cm³/mol. The first-order valence-electron chi connectivity index (χ1n) is 13.8. The molecule has 1 unspecified atom stereocenters. The third-order valence-corrected chi connectivity index (χ3v) is 10.5. The van der Waals surface area contributed by atoms with E-state index in [0.29, 0.717) is 6.42 Å². The molecule has 214 valence electrons. The van der Waals surface area contributed by atoms with Gasteiger partial charge in [-0.3, -0.25) is 4.90 Å². The van der Waals surface area contributed by atoms with Crippen LogP contribution in [-0.4, -0.2) is 62.9 Å². The monoisotopic (exact) mass is 571 g/mol. The molecule has 0 bridgehead atoms. The number of nitrogens with one attached hydrogen (secondary N) is 1. The standard InChI is InChI=1S/C31H36F3N3O2S/c1-21-9-8-10-25(22(21)2)23-13-15-24(16-14-23)30-27(19-35-3)37-18-7-6-17-36(20-28(30)37)40(38,39)29-12-5-4-11-26(29)31(32,33)34/h4-5,8-16,27-28,30,35H,6-7,17-20H2,1-3H3/t27-,28+,30?/m1/s1. The zero-order chi connectivity index (χ0) is 28.7. The number of halogens is 3. The Morgan fingerprint density at radius 3 is 2.33 bits per heavy atom. The smallest absolute Gasteiger partial charge is 0.318 e. The van der Waals surface area contributed by atoms with Crippen molar-refractivity contribution < 1.29 is 21.6 Å². The number of nitrogens with zero attached hydrogens (tertiary/aromatic N) is 2. The zero-order valence-corrected chi connectivity index (χ0v) is 23.9. The summed E-state index contributed by atoms with van der Waals surface area (Å²) in [4.78, 5) is 1.66. The van der Waals surface area contributed by atoms with Crippen LogP contribution in [0.3, 0.4) is 0 Å². The van der Waals surface area contributed by atoms with E-state index in [1.807, 2.05) is 7.05 Å². The Balaban J connectivity index is 1.47. The van der Waals surface area contributed by atoms with Crippen molar-refractivity contribution in [2.24, 2.45) is 0 Å². The number of benzene rings is 3. The fraction of sp³-hybridized carbons (Fsp3) is 0.419. The molecule has 0 saturated carbocycles. The molecule has 3 aromatic rings. The molecule has 0 aromatic heterocycles. The van der Waals surface area contributed by atoms with Crippen LogP contribution < -0.4 is 5.32 Å². The number of alkyl halides is 3. The number of hydrogen-bond donors (Lipinski definition) is 1. The van der Waals surface area contributed by atoms with Gasteiger partial charge in [-0.2, -0.15) is 17.5 Å². The molecule has 2 heterocycles. The van der Waals surface area contributed by atoms with E-state index in [9.17, 15) is 21.6 Å². The highest BCUT2D eigenvalue weighted by molar-refractivity contribution is 7.89. The van der Waals surface area contributed by atoms with E-state index >= 15 is 0 Å². The molecular formula is C31H36F3N3O2S. The molecule has 0 amide bonds. The van der Waals surface area contributed by atoms with Crippen LogP contribution in [0.2, 0.25) is 0 Å². The van der Waals surface area contributed by atoms with Gasteiger partial charge >= 0.3 is 6.18 Å². The van der Waals surface area contributed by atoms with Crippen molar-refractivity contribution in [1.29, 1.82) is 0 Å². The first-order valence-corrected chi connectivity index (χ1v) is 15.2. The van der Waals surface area contributed by atoms with E-state index in [4.69, 9.17) is 0 Å². The maximum atomic E-state index is 13.8. The molecule has 2 aliphatic heterocycles. The van der Waals surface area contributed by atoms with Crippen molar-refractivity contribution in [2.75, 3.05) is 33.2 Å². The third-order valence-electron chi connectivity index (χ3n) is 8.58. The van der Waals surface area contributed by atoms with Gasteiger partial charge in [0.05, 0.1) is 10.5 Å². The number of fused-ring (bicyclic) bond motifs is 1. The van der Waals surface area contributed by atoms with Gasteiger partial charge in [0.1, 0.15) is 0 Å². The van der Waals surface area contributed by atoms with Gasteiger partial charge < -0.3 is 5.32 Å². The summed E-state index contributed by atoms with van der Waals surface area (Å²) >= 11 is 0. The van der Waals surface area contributed by atoms with Crippen molar-refractivity contribution in [3.05, 3.63) is 89.0 Å². The highest BCUT2D eigenvalue weighted by atomic mass is 32.2. The summed E-state index contributed by atoms with van der Waals surface area (Å²) in [6.07, 6.45) is -3.38. The summed E-state index contributed by atoms with van der Waals surface area (Å²) in [6.45, 7) is 6.14. The normalized spacial score (nSPS) is 22.7. The number of aryl methyl sites for hydroxylation is 1. The average molecular weight is 572 g/mol. The van der Waals surface area contributed by atoms with Crippen molar-refractivity contribution in [2.45, 2.75) is 55.8 Å². The average Bonchev–Trinajstić information content (AvgIpc) is 2.91. The maximum absolute atomic E-state index is 13.8. The van der Waals surface area contributed by atoms with Crippen LogP contribution in [0.25, 0.3) is 11.1 Å². The second-order valence-electron chi connectivity index (χ2n) is 10.9. The van der Waals surface area contributed by atoms with E-state index in [2.05, 4.69) is 66.5 Å². The minimum absolute atomic E-state index is 0.0498. The zero-order valence-electron chi connectivity index (χ0n) is 23.1. The molecule has 40 heavy (non-hydrogen) atoms. The van der Waals surface area contributed by atoms with Crippen LogP contribution in [0.1, 0.15) is 41.0 Å². The number of rotatable bonds is 6. The van der Waals surface area contributed by atoms with Gasteiger partial charge in [-0.05, 0) is 80.2 Å². The molecule has 2 fully saturated rings. The highest BCUT2D eigenvalue weighted by Crippen LogP contribution is 2.44. The lowest BCUT2D eigenvalue weighted by Crippen LogP contribution is -2.68. The quantitative estimate of drug-likeness (QED) is 0.405. The molecule has 0 spiro atoms. The molecule has 0 aliphatic carbocycles. The Kier molecular flexibility index (Phi) is 8.12. The molecule has 1 N–H and O–H groups in total. The van der Waals surface area contributed by atoms with E-state index < -0.39 is 26.7 Å². The lowest BCUT2D eigenvalue weighted by molar-refractivity contribution is -0.139. The summed E-state index contributed by atoms with van der Waals surface area (Å²) in [7, 11) is -2.45. The Hall–Kier alpha value is -2.72. The van der Waals surface area contributed by atoms with Crippen LogP contribution in [0, 0.1) is 13.8 Å². The largest absolute Gasteiger partial charge is 0.417 e. The molecular weight excluding hydrogens is 535 g/mol. The van der Waals surface area contributed by atoms with Crippen LogP contribution in [0.15, 0.2) is 71.6 Å². The summed E-state index contributed by atoms with van der Waals surface area (Å²) in [5.41, 5.74) is 4.77. The highest BCUT2D eigenvalue weighted by Gasteiger charge is 2.50. The van der Waals surface area contributed by atoms with E-state index in [1.54, 1.807) is 0 Å². The fourth-order valence-corrected chi connectivity index (χ4v) is 8.08. The summed E-state index contributed by atoms with van der Waals surface area (Å²) < 4.78 is 70.0. The topological polar surface area (TPSA) is 52.7 Å². The van der Waals surface area contributed by atoms with Crippen molar-refractivity contribution in [3.63, 3.8) is 0 Å². The second-order valence-corrected chi connectivity index (χ2v) is 12.8. The Morgan fingerprint density at radius 1 is 0.925 bits per heavy atom. The molecule has 2 saturated heterocycles. The van der Waals surface area contributed by atoms with Gasteiger partial charge in [-0.15, -0.1) is 0 Å². The lowest BCUT2D eigenvalue weighted by atomic mass is 9.74. The van der Waals surface area contributed by atoms with Gasteiger partial charge in [0, 0.05) is 37.6 Å². The van der Waals surface area contributed by atoms with Crippen LogP contribution in [0.4, 0.5) is 13.2 Å². The Labute approximate surface area is 235 Å². The molecule has 2 aliphatic rings. The molecule has 5 rings (SSSR count). The first kappa shape index (κ1) is 28.8. The van der Waals surface area contributed by atoms with E-state index in [0.717, 1.165) is 42.8 Å². The summed E-state index contributed by atoms with van der Waals surface area (Å²) in [6, 6.07) is 19.3. The van der Waals surface area contributed by atoms with Crippen LogP contribution >= 0.6 is 0 Å². The van der Waals surface area contributed by atoms with Gasteiger partial charge in [0.25, 0.3) is 0 Å². The number of sulfonamides is 1. The summed E-state index contributed by atoms with van der Waals surface area (Å²) in [5, 5.41) is 3.28. The van der Waals surface area contributed by atoms with Gasteiger partial charge in [-0.25, -0.2) is 8.42 Å². The molecule has 0 radical (unpaired) electrons. The molecule has 3 atom stereocenters. The van der Waals surface area contributed by atoms with Gasteiger partial charge in [0.15, 0.2) is 0 Å². The molecule has 9 heteroatoms. The maximum Gasteiger partial charge on any atom is 0.417 e. The summed E-state index contributed by atoms with van der Waals surface area (Å²) in [5.74, 6) is 0.0498. The second kappa shape index (κ2) is 11.3. The third kappa shape index (κ3) is 5.32. The van der Waals surface area contributed by atoms with Crippen molar-refractivity contribution in [1.82, 2.24) is 14.5 Å². The predicted octanol–water partition coefficient (Wildman–Crippen LogP) is 5.83. The number of hydrogen-bond acceptors (Lipinski definition) is 4. The van der Waals surface area contributed by atoms with Crippen molar-refractivity contribution in [3.8, 4) is 11.1 Å². The Bertz CT molecular complexity index is 1460. The van der Waals surface area contributed by atoms with Crippen LogP contribution in [0.5, 0.6) is 0 Å². The first-order chi connectivity index (χ1) is 19.0. The Morgan fingerprint density at radius 2 is 1.62 bits per heavy atom. The molecule has 5 nitrogen and oxygen atoms in total. The minimum Gasteiger partial charge on any atom is -0.318 e.